The third-order valence-corrected chi connectivity index (χ3v) is 2.06. The summed E-state index contributed by atoms with van der Waals surface area (Å²) in [5, 5.41) is 3.46. The Morgan fingerprint density at radius 1 is 1.53 bits per heavy atom. The van der Waals surface area contributed by atoms with Gasteiger partial charge in [0.05, 0.1) is 6.42 Å². The fraction of sp³-hybridized carbons (Fsp3) is 0.667. The number of ether oxygens (including phenoxy) is 1. The highest BCUT2D eigenvalue weighted by atomic mass is 19.4. The van der Waals surface area contributed by atoms with Crippen LogP contribution < -0.4 is 0 Å². The molecular formula is C9H11F3N2O3. The molecule has 1 atom stereocenters. The molecule has 0 bridgehead atoms. The van der Waals surface area contributed by atoms with Gasteiger partial charge in [-0.15, -0.1) is 0 Å². The Bertz CT molecular complexity index is 385. The molecule has 0 amide bonds. The Hall–Kier alpha value is -1.44. The van der Waals surface area contributed by atoms with Gasteiger partial charge in [-0.3, -0.25) is 4.79 Å². The van der Waals surface area contributed by atoms with Crippen molar-refractivity contribution in [2.45, 2.75) is 32.0 Å². The van der Waals surface area contributed by atoms with Crippen molar-refractivity contribution >= 4 is 5.78 Å². The lowest BCUT2D eigenvalue weighted by molar-refractivity contribution is -0.170. The first-order valence-corrected chi connectivity index (χ1v) is 4.83. The van der Waals surface area contributed by atoms with E-state index in [2.05, 4.69) is 14.7 Å². The lowest BCUT2D eigenvalue weighted by atomic mass is 10.2. The van der Waals surface area contributed by atoms with Crippen LogP contribution in [0.1, 0.15) is 31.2 Å². The van der Waals surface area contributed by atoms with Gasteiger partial charge in [-0.25, -0.2) is 0 Å². The van der Waals surface area contributed by atoms with Gasteiger partial charge in [0.1, 0.15) is 6.10 Å². The SMILES string of the molecule is CCC(OC)c1noc(CC(=O)C(F)(F)F)n1. The fourth-order valence-corrected chi connectivity index (χ4v) is 1.16. The monoisotopic (exact) mass is 252 g/mol. The van der Waals surface area contributed by atoms with Crippen molar-refractivity contribution in [1.29, 1.82) is 0 Å². The quantitative estimate of drug-likeness (QED) is 0.800. The van der Waals surface area contributed by atoms with E-state index >= 15 is 0 Å². The number of Topliss-reactive ketones (excluding diaryl/α,β-unsaturated/α-hetero) is 1. The second-order valence-electron chi connectivity index (χ2n) is 3.28. The van der Waals surface area contributed by atoms with Crippen molar-refractivity contribution in [3.05, 3.63) is 11.7 Å². The molecule has 0 aliphatic heterocycles. The molecule has 1 rings (SSSR count). The lowest BCUT2D eigenvalue weighted by Gasteiger charge is -2.06. The van der Waals surface area contributed by atoms with Gasteiger partial charge in [0, 0.05) is 7.11 Å². The van der Waals surface area contributed by atoms with Crippen molar-refractivity contribution < 1.29 is 27.2 Å². The van der Waals surface area contributed by atoms with Crippen LogP contribution in [0, 0.1) is 0 Å². The Kier molecular flexibility index (Phi) is 4.22. The summed E-state index contributed by atoms with van der Waals surface area (Å²) in [6.07, 6.45) is -5.74. The molecule has 0 saturated carbocycles. The minimum absolute atomic E-state index is 0.139. The molecule has 0 radical (unpaired) electrons. The second-order valence-corrected chi connectivity index (χ2v) is 3.28. The molecule has 0 aromatic carbocycles. The van der Waals surface area contributed by atoms with Crippen LogP contribution in [0.25, 0.3) is 0 Å². The summed E-state index contributed by atoms with van der Waals surface area (Å²) in [6, 6.07) is 0. The van der Waals surface area contributed by atoms with Gasteiger partial charge >= 0.3 is 6.18 Å². The largest absolute Gasteiger partial charge is 0.450 e. The lowest BCUT2D eigenvalue weighted by Crippen LogP contribution is -2.24. The highest BCUT2D eigenvalue weighted by molar-refractivity contribution is 5.85. The van der Waals surface area contributed by atoms with Crippen LogP contribution in [0.3, 0.4) is 0 Å². The molecule has 0 N–H and O–H groups in total. The standard InChI is InChI=1S/C9H11F3N2O3/c1-3-5(16-2)8-13-7(17-14-8)4-6(15)9(10,11)12/h5H,3-4H2,1-2H3. The molecule has 0 aliphatic carbocycles. The van der Waals surface area contributed by atoms with E-state index in [-0.39, 0.29) is 11.7 Å². The van der Waals surface area contributed by atoms with Gasteiger partial charge in [0.15, 0.2) is 0 Å². The first-order chi connectivity index (χ1) is 7.88. The smallest absolute Gasteiger partial charge is 0.373 e. The van der Waals surface area contributed by atoms with E-state index in [4.69, 9.17) is 4.74 Å². The number of ketones is 1. The summed E-state index contributed by atoms with van der Waals surface area (Å²) >= 11 is 0. The minimum atomic E-state index is -4.89. The second kappa shape index (κ2) is 5.26. The van der Waals surface area contributed by atoms with Crippen LogP contribution in [0.15, 0.2) is 4.52 Å². The van der Waals surface area contributed by atoms with Crippen molar-refractivity contribution in [3.63, 3.8) is 0 Å². The number of hydrogen-bond donors (Lipinski definition) is 0. The number of rotatable bonds is 5. The van der Waals surface area contributed by atoms with E-state index in [1.54, 1.807) is 6.92 Å². The average Bonchev–Trinajstić information content (AvgIpc) is 2.67. The Balaban J connectivity index is 2.72. The summed E-state index contributed by atoms with van der Waals surface area (Å²) in [5.41, 5.74) is 0. The van der Waals surface area contributed by atoms with Crippen LogP contribution in [0.5, 0.6) is 0 Å². The number of halogens is 3. The number of carbonyl (C=O) groups is 1. The van der Waals surface area contributed by atoms with Crippen molar-refractivity contribution in [3.8, 4) is 0 Å². The molecule has 1 unspecified atom stereocenters. The predicted molar refractivity (Wildman–Crippen MR) is 49.1 cm³/mol. The van der Waals surface area contributed by atoms with E-state index in [1.807, 2.05) is 0 Å². The highest BCUT2D eigenvalue weighted by Gasteiger charge is 2.39. The molecule has 0 spiro atoms. The first-order valence-electron chi connectivity index (χ1n) is 4.83. The average molecular weight is 252 g/mol. The van der Waals surface area contributed by atoms with Crippen LogP contribution in [0.4, 0.5) is 13.2 Å². The van der Waals surface area contributed by atoms with Gasteiger partial charge in [0.25, 0.3) is 0 Å². The third-order valence-electron chi connectivity index (χ3n) is 2.06. The zero-order valence-corrected chi connectivity index (χ0v) is 9.24. The third kappa shape index (κ3) is 3.52. The maximum Gasteiger partial charge on any atom is 0.450 e. The molecule has 17 heavy (non-hydrogen) atoms. The molecule has 8 heteroatoms. The number of aromatic nitrogens is 2. The summed E-state index contributed by atoms with van der Waals surface area (Å²) in [5.74, 6) is -2.14. The molecule has 1 aromatic heterocycles. The van der Waals surface area contributed by atoms with Gasteiger partial charge in [-0.05, 0) is 6.42 Å². The van der Waals surface area contributed by atoms with E-state index in [0.717, 1.165) is 0 Å². The van der Waals surface area contributed by atoms with Gasteiger partial charge in [0.2, 0.25) is 17.5 Å². The summed E-state index contributed by atoms with van der Waals surface area (Å²) in [6.45, 7) is 1.80. The Morgan fingerprint density at radius 3 is 2.65 bits per heavy atom. The summed E-state index contributed by atoms with van der Waals surface area (Å²) < 4.78 is 45.4. The number of hydrogen-bond acceptors (Lipinski definition) is 5. The summed E-state index contributed by atoms with van der Waals surface area (Å²) in [4.78, 5) is 14.4. The summed E-state index contributed by atoms with van der Waals surface area (Å²) in [7, 11) is 1.42. The molecular weight excluding hydrogens is 241 g/mol. The van der Waals surface area contributed by atoms with Gasteiger partial charge in [-0.2, -0.15) is 18.2 Å². The zero-order valence-electron chi connectivity index (χ0n) is 9.24. The van der Waals surface area contributed by atoms with Crippen LogP contribution in [0.2, 0.25) is 0 Å². The Labute approximate surface area is 94.9 Å². The number of methoxy groups -OCH3 is 1. The van der Waals surface area contributed by atoms with Gasteiger partial charge in [-0.1, -0.05) is 12.1 Å². The fourth-order valence-electron chi connectivity index (χ4n) is 1.16. The topological polar surface area (TPSA) is 65.2 Å². The number of alkyl halides is 3. The predicted octanol–water partition coefficient (Wildman–Crippen LogP) is 1.84. The van der Waals surface area contributed by atoms with Crippen molar-refractivity contribution in [1.82, 2.24) is 10.1 Å². The molecule has 5 nitrogen and oxygen atoms in total. The van der Waals surface area contributed by atoms with Crippen molar-refractivity contribution in [2.75, 3.05) is 7.11 Å². The molecule has 96 valence electrons. The Morgan fingerprint density at radius 2 is 2.18 bits per heavy atom. The minimum Gasteiger partial charge on any atom is -0.373 e. The van der Waals surface area contributed by atoms with E-state index in [1.165, 1.54) is 7.11 Å². The zero-order chi connectivity index (χ0) is 13.1. The van der Waals surface area contributed by atoms with E-state index in [0.29, 0.717) is 6.42 Å². The molecule has 0 aliphatic rings. The van der Waals surface area contributed by atoms with Crippen LogP contribution in [-0.4, -0.2) is 29.2 Å². The molecule has 0 saturated heterocycles. The molecule has 0 fully saturated rings. The number of carbonyl (C=O) groups excluding carboxylic acids is 1. The maximum absolute atomic E-state index is 12.0. The molecule has 1 heterocycles. The maximum atomic E-state index is 12.0. The van der Waals surface area contributed by atoms with E-state index in [9.17, 15) is 18.0 Å². The van der Waals surface area contributed by atoms with Crippen LogP contribution >= 0.6 is 0 Å². The first kappa shape index (κ1) is 13.6. The van der Waals surface area contributed by atoms with Crippen molar-refractivity contribution in [2.24, 2.45) is 0 Å². The van der Waals surface area contributed by atoms with E-state index < -0.39 is 24.5 Å². The molecule has 1 aromatic rings. The highest BCUT2D eigenvalue weighted by Crippen LogP contribution is 2.20. The van der Waals surface area contributed by atoms with Gasteiger partial charge < -0.3 is 9.26 Å². The van der Waals surface area contributed by atoms with Crippen LogP contribution in [-0.2, 0) is 16.0 Å². The number of nitrogens with zero attached hydrogens (tertiary/aromatic N) is 2. The normalized spacial score (nSPS) is 13.7.